The Hall–Kier alpha value is -1.91. The number of aliphatic hydroxyl groups is 2. The molecular formula is C22H34O4. The van der Waals surface area contributed by atoms with Gasteiger partial charge in [0.1, 0.15) is 0 Å². The zero-order valence-electron chi connectivity index (χ0n) is 15.8. The van der Waals surface area contributed by atoms with Crippen LogP contribution in [0.25, 0.3) is 0 Å². The predicted molar refractivity (Wildman–Crippen MR) is 108 cm³/mol. The average molecular weight is 363 g/mol. The van der Waals surface area contributed by atoms with Crippen molar-refractivity contribution in [3.05, 3.63) is 60.8 Å². The van der Waals surface area contributed by atoms with E-state index in [2.05, 4.69) is 6.92 Å². The van der Waals surface area contributed by atoms with E-state index in [0.717, 1.165) is 32.1 Å². The van der Waals surface area contributed by atoms with Crippen molar-refractivity contribution in [1.82, 2.24) is 0 Å². The highest BCUT2D eigenvalue weighted by molar-refractivity contribution is 5.66. The molecule has 0 heterocycles. The summed E-state index contributed by atoms with van der Waals surface area (Å²) in [6.45, 7) is 2.06. The van der Waals surface area contributed by atoms with Crippen LogP contribution in [0.1, 0.15) is 58.3 Å². The van der Waals surface area contributed by atoms with Gasteiger partial charge >= 0.3 is 5.97 Å². The summed E-state index contributed by atoms with van der Waals surface area (Å²) in [4.78, 5) is 10.4. The minimum absolute atomic E-state index is 0.241. The fourth-order valence-corrected chi connectivity index (χ4v) is 2.14. The topological polar surface area (TPSA) is 77.8 Å². The second-order valence-corrected chi connectivity index (χ2v) is 6.10. The van der Waals surface area contributed by atoms with E-state index in [0.29, 0.717) is 12.8 Å². The largest absolute Gasteiger partial charge is 0.481 e. The van der Waals surface area contributed by atoms with E-state index in [-0.39, 0.29) is 6.42 Å². The molecule has 0 rings (SSSR count). The van der Waals surface area contributed by atoms with E-state index < -0.39 is 18.2 Å². The third-order valence-electron chi connectivity index (χ3n) is 3.59. The lowest BCUT2D eigenvalue weighted by molar-refractivity contribution is -0.137. The van der Waals surface area contributed by atoms with Crippen molar-refractivity contribution in [2.75, 3.05) is 0 Å². The Kier molecular flexibility index (Phi) is 16.6. The van der Waals surface area contributed by atoms with Crippen molar-refractivity contribution in [3.8, 4) is 0 Å². The molecule has 0 aliphatic carbocycles. The summed E-state index contributed by atoms with van der Waals surface area (Å²) >= 11 is 0. The van der Waals surface area contributed by atoms with Gasteiger partial charge < -0.3 is 15.3 Å². The van der Waals surface area contributed by atoms with E-state index in [1.165, 1.54) is 0 Å². The fourth-order valence-electron chi connectivity index (χ4n) is 2.14. The first-order valence-electron chi connectivity index (χ1n) is 9.45. The molecule has 146 valence electrons. The number of carbonyl (C=O) groups is 1. The van der Waals surface area contributed by atoms with Crippen molar-refractivity contribution in [3.63, 3.8) is 0 Å². The van der Waals surface area contributed by atoms with Crippen molar-refractivity contribution in [2.24, 2.45) is 0 Å². The van der Waals surface area contributed by atoms with Crippen LogP contribution in [0.4, 0.5) is 0 Å². The number of hydrogen-bond acceptors (Lipinski definition) is 3. The highest BCUT2D eigenvalue weighted by Crippen LogP contribution is 2.05. The monoisotopic (exact) mass is 362 g/mol. The number of aliphatic carboxylic acids is 1. The maximum atomic E-state index is 10.4. The van der Waals surface area contributed by atoms with Crippen molar-refractivity contribution in [2.45, 2.75) is 70.5 Å². The van der Waals surface area contributed by atoms with Crippen molar-refractivity contribution >= 4 is 5.97 Å². The summed E-state index contributed by atoms with van der Waals surface area (Å²) in [6, 6.07) is 0. The molecule has 0 aliphatic heterocycles. The van der Waals surface area contributed by atoms with Crippen LogP contribution in [0.2, 0.25) is 0 Å². The van der Waals surface area contributed by atoms with E-state index in [9.17, 15) is 15.0 Å². The SMILES string of the molecule is CC/C=C/CC(O)/C=C/C=C/C=C/C(O)C/C=C/CCCCCC(=O)O. The third kappa shape index (κ3) is 18.4. The second-order valence-electron chi connectivity index (χ2n) is 6.10. The molecule has 2 unspecified atom stereocenters. The highest BCUT2D eigenvalue weighted by atomic mass is 16.4. The van der Waals surface area contributed by atoms with Crippen LogP contribution in [0.3, 0.4) is 0 Å². The summed E-state index contributed by atoms with van der Waals surface area (Å²) in [6.07, 6.45) is 23.6. The lowest BCUT2D eigenvalue weighted by Crippen LogP contribution is -1.99. The van der Waals surface area contributed by atoms with Gasteiger partial charge in [0, 0.05) is 6.42 Å². The van der Waals surface area contributed by atoms with Crippen LogP contribution in [0, 0.1) is 0 Å². The molecule has 0 fully saturated rings. The van der Waals surface area contributed by atoms with Crippen LogP contribution >= 0.6 is 0 Å². The fraction of sp³-hybridized carbons (Fsp3) is 0.500. The minimum atomic E-state index is -0.736. The molecule has 26 heavy (non-hydrogen) atoms. The number of allylic oxidation sites excluding steroid dienone is 6. The molecule has 0 bridgehead atoms. The van der Waals surface area contributed by atoms with Crippen molar-refractivity contribution < 1.29 is 20.1 Å². The summed E-state index contributed by atoms with van der Waals surface area (Å²) in [7, 11) is 0. The molecule has 0 amide bonds. The molecular weight excluding hydrogens is 328 g/mol. The summed E-state index contributed by atoms with van der Waals surface area (Å²) in [5, 5.41) is 28.0. The average Bonchev–Trinajstić information content (AvgIpc) is 2.60. The Bertz CT molecular complexity index is 486. The molecule has 0 aliphatic rings. The quantitative estimate of drug-likeness (QED) is 0.224. The first-order valence-corrected chi connectivity index (χ1v) is 9.45. The zero-order valence-corrected chi connectivity index (χ0v) is 15.8. The number of aliphatic hydroxyl groups excluding tert-OH is 2. The standard InChI is InChI=1S/C22H34O4/c1-2-3-10-15-20(23)17-12-8-9-13-18-21(24)16-11-6-4-5-7-14-19-22(25)26/h3,6,8-13,17-18,20-21,23-24H,2,4-5,7,14-16,19H2,1H3,(H,25,26)/b9-8+,10-3+,11-6+,17-12+,18-13+. The van der Waals surface area contributed by atoms with Gasteiger partial charge in [0.2, 0.25) is 0 Å². The number of carboxylic acids is 1. The predicted octanol–water partition coefficient (Wildman–Crippen LogP) is 4.71. The van der Waals surface area contributed by atoms with E-state index in [1.807, 2.05) is 36.5 Å². The second kappa shape index (κ2) is 17.9. The maximum Gasteiger partial charge on any atom is 0.303 e. The lowest BCUT2D eigenvalue weighted by atomic mass is 10.1. The Morgan fingerprint density at radius 1 is 0.808 bits per heavy atom. The molecule has 3 N–H and O–H groups in total. The molecule has 0 aromatic carbocycles. The first-order chi connectivity index (χ1) is 12.6. The molecule has 0 radical (unpaired) electrons. The van der Waals surface area contributed by atoms with Gasteiger partial charge in [0.15, 0.2) is 0 Å². The van der Waals surface area contributed by atoms with Crippen LogP contribution < -0.4 is 0 Å². The first kappa shape index (κ1) is 24.1. The van der Waals surface area contributed by atoms with Crippen LogP contribution in [-0.4, -0.2) is 33.5 Å². The number of hydrogen-bond donors (Lipinski definition) is 3. The van der Waals surface area contributed by atoms with Gasteiger partial charge in [-0.05, 0) is 38.5 Å². The van der Waals surface area contributed by atoms with Gasteiger partial charge in [-0.15, -0.1) is 0 Å². The Morgan fingerprint density at radius 3 is 1.92 bits per heavy atom. The summed E-state index contributed by atoms with van der Waals surface area (Å²) in [5.74, 6) is -0.736. The molecule has 0 spiro atoms. The van der Waals surface area contributed by atoms with Crippen molar-refractivity contribution in [1.29, 1.82) is 0 Å². The number of unbranched alkanes of at least 4 members (excludes halogenated alkanes) is 3. The van der Waals surface area contributed by atoms with Gasteiger partial charge in [0.25, 0.3) is 0 Å². The third-order valence-corrected chi connectivity index (χ3v) is 3.59. The molecule has 0 aromatic heterocycles. The summed E-state index contributed by atoms with van der Waals surface area (Å²) < 4.78 is 0. The van der Waals surface area contributed by atoms with Gasteiger partial charge in [-0.2, -0.15) is 0 Å². The molecule has 4 heteroatoms. The molecule has 0 aromatic rings. The number of rotatable bonds is 15. The van der Waals surface area contributed by atoms with E-state index in [4.69, 9.17) is 5.11 Å². The lowest BCUT2D eigenvalue weighted by Gasteiger charge is -2.00. The number of carboxylic acid groups (broad SMARTS) is 1. The zero-order chi connectivity index (χ0) is 19.5. The van der Waals surface area contributed by atoms with E-state index >= 15 is 0 Å². The van der Waals surface area contributed by atoms with Gasteiger partial charge in [-0.25, -0.2) is 0 Å². The Morgan fingerprint density at radius 2 is 1.38 bits per heavy atom. The molecule has 2 atom stereocenters. The smallest absolute Gasteiger partial charge is 0.303 e. The van der Waals surface area contributed by atoms with Crippen LogP contribution in [0.5, 0.6) is 0 Å². The van der Waals surface area contributed by atoms with Crippen LogP contribution in [0.15, 0.2) is 60.8 Å². The van der Waals surface area contributed by atoms with E-state index in [1.54, 1.807) is 24.3 Å². The molecule has 0 saturated heterocycles. The van der Waals surface area contributed by atoms with Crippen LogP contribution in [-0.2, 0) is 4.79 Å². The van der Waals surface area contributed by atoms with Gasteiger partial charge in [-0.1, -0.05) is 74.1 Å². The maximum absolute atomic E-state index is 10.4. The highest BCUT2D eigenvalue weighted by Gasteiger charge is 1.96. The Balaban J connectivity index is 3.78. The molecule has 4 nitrogen and oxygen atoms in total. The summed E-state index contributed by atoms with van der Waals surface area (Å²) in [5.41, 5.74) is 0. The van der Waals surface area contributed by atoms with Gasteiger partial charge in [0.05, 0.1) is 12.2 Å². The Labute approximate surface area is 157 Å². The minimum Gasteiger partial charge on any atom is -0.481 e. The normalized spacial score (nSPS) is 15.2. The molecule has 0 saturated carbocycles. The van der Waals surface area contributed by atoms with Gasteiger partial charge in [-0.3, -0.25) is 4.79 Å².